The molecule has 33 heavy (non-hydrogen) atoms. The highest BCUT2D eigenvalue weighted by Gasteiger charge is 2.44. The van der Waals surface area contributed by atoms with Crippen LogP contribution in [0.3, 0.4) is 0 Å². The van der Waals surface area contributed by atoms with Crippen molar-refractivity contribution < 1.29 is 22.9 Å². The molecular formula is C23H17F3N4O3. The van der Waals surface area contributed by atoms with Gasteiger partial charge in [0.05, 0.1) is 33.7 Å². The van der Waals surface area contributed by atoms with Crippen LogP contribution in [0.1, 0.15) is 36.3 Å². The number of non-ortho nitro benzene ring substituents is 1. The normalized spacial score (nSPS) is 18.8. The van der Waals surface area contributed by atoms with E-state index in [9.17, 15) is 33.3 Å². The first-order chi connectivity index (χ1) is 15.6. The zero-order valence-corrected chi connectivity index (χ0v) is 17.1. The molecular weight excluding hydrogens is 437 g/mol. The van der Waals surface area contributed by atoms with Crippen molar-refractivity contribution in [3.8, 4) is 6.07 Å². The number of nitriles is 1. The maximum absolute atomic E-state index is 13.8. The smallest absolute Gasteiger partial charge is 0.384 e. The fraction of sp³-hybridized carbons (Fsp3) is 0.217. The van der Waals surface area contributed by atoms with Gasteiger partial charge in [0.25, 0.3) is 5.69 Å². The Hall–Kier alpha value is -4.13. The number of ketones is 1. The van der Waals surface area contributed by atoms with Crippen LogP contribution in [0.4, 0.5) is 24.5 Å². The molecule has 1 atom stereocenters. The van der Waals surface area contributed by atoms with Crippen LogP contribution in [0.15, 0.2) is 71.2 Å². The van der Waals surface area contributed by atoms with Gasteiger partial charge in [-0.05, 0) is 30.5 Å². The van der Waals surface area contributed by atoms with Crippen LogP contribution in [-0.4, -0.2) is 10.7 Å². The van der Waals surface area contributed by atoms with Gasteiger partial charge in [-0.3, -0.25) is 19.8 Å². The van der Waals surface area contributed by atoms with E-state index < -0.39 is 22.6 Å². The van der Waals surface area contributed by atoms with Gasteiger partial charge in [-0.15, -0.1) is 0 Å². The van der Waals surface area contributed by atoms with Crippen LogP contribution in [0.5, 0.6) is 0 Å². The van der Waals surface area contributed by atoms with E-state index in [-0.39, 0.29) is 46.1 Å². The zero-order chi connectivity index (χ0) is 23.9. The van der Waals surface area contributed by atoms with Crippen LogP contribution in [0.25, 0.3) is 0 Å². The predicted molar refractivity (Wildman–Crippen MR) is 112 cm³/mol. The summed E-state index contributed by atoms with van der Waals surface area (Å²) in [5.74, 6) is -1.83. The van der Waals surface area contributed by atoms with Crippen LogP contribution in [0, 0.1) is 21.4 Å². The maximum Gasteiger partial charge on any atom is 0.416 e. The average molecular weight is 454 g/mol. The van der Waals surface area contributed by atoms with E-state index in [1.807, 2.05) is 6.07 Å². The van der Waals surface area contributed by atoms with Crippen molar-refractivity contribution in [2.75, 3.05) is 4.90 Å². The highest BCUT2D eigenvalue weighted by molar-refractivity contribution is 6.01. The lowest BCUT2D eigenvalue weighted by molar-refractivity contribution is -0.384. The number of hydrogen-bond donors (Lipinski definition) is 1. The summed E-state index contributed by atoms with van der Waals surface area (Å²) in [5, 5.41) is 21.2. The fourth-order valence-electron chi connectivity index (χ4n) is 4.44. The van der Waals surface area contributed by atoms with Crippen LogP contribution < -0.4 is 10.6 Å². The largest absolute Gasteiger partial charge is 0.416 e. The van der Waals surface area contributed by atoms with Gasteiger partial charge in [0.2, 0.25) is 0 Å². The third-order valence-corrected chi connectivity index (χ3v) is 5.79. The number of allylic oxidation sites excluding steroid dienone is 3. The molecule has 0 spiro atoms. The summed E-state index contributed by atoms with van der Waals surface area (Å²) >= 11 is 0. The molecule has 10 heteroatoms. The Morgan fingerprint density at radius 3 is 2.55 bits per heavy atom. The minimum absolute atomic E-state index is 0.0650. The van der Waals surface area contributed by atoms with E-state index in [4.69, 9.17) is 5.73 Å². The van der Waals surface area contributed by atoms with Crippen molar-refractivity contribution in [3.63, 3.8) is 0 Å². The lowest BCUT2D eigenvalue weighted by Gasteiger charge is -2.40. The zero-order valence-electron chi connectivity index (χ0n) is 17.1. The number of nitrogens with two attached hydrogens (primary N) is 1. The molecule has 0 amide bonds. The molecule has 168 valence electrons. The number of nitrogens with zero attached hydrogens (tertiary/aromatic N) is 3. The van der Waals surface area contributed by atoms with Gasteiger partial charge in [-0.2, -0.15) is 18.4 Å². The molecule has 2 aliphatic rings. The average Bonchev–Trinajstić information content (AvgIpc) is 2.78. The number of nitro benzene ring substituents is 1. The van der Waals surface area contributed by atoms with E-state index in [0.717, 1.165) is 6.07 Å². The summed E-state index contributed by atoms with van der Waals surface area (Å²) in [4.78, 5) is 25.1. The summed E-state index contributed by atoms with van der Waals surface area (Å²) in [7, 11) is 0. The topological polar surface area (TPSA) is 113 Å². The second-order valence-electron chi connectivity index (χ2n) is 7.68. The molecule has 1 aliphatic heterocycles. The molecule has 2 N–H and O–H groups in total. The molecule has 0 unspecified atom stereocenters. The highest BCUT2D eigenvalue weighted by Crippen LogP contribution is 2.49. The van der Waals surface area contributed by atoms with Crippen molar-refractivity contribution in [1.82, 2.24) is 0 Å². The molecule has 0 bridgehead atoms. The number of halogens is 3. The lowest BCUT2D eigenvalue weighted by atomic mass is 9.74. The SMILES string of the molecule is N#CC1=C(N)N(c2cccc([N+](=O)[O-])c2)C2=C(C(=O)CCC2)[C@@H]1c1ccccc1C(F)(F)F. The van der Waals surface area contributed by atoms with Gasteiger partial charge in [0.1, 0.15) is 5.82 Å². The second-order valence-corrected chi connectivity index (χ2v) is 7.68. The van der Waals surface area contributed by atoms with Gasteiger partial charge < -0.3 is 5.73 Å². The van der Waals surface area contributed by atoms with Crippen molar-refractivity contribution in [2.45, 2.75) is 31.4 Å². The summed E-state index contributed by atoms with van der Waals surface area (Å²) < 4.78 is 41.4. The molecule has 0 radical (unpaired) electrons. The standard InChI is InChI=1S/C23H17F3N4O3/c24-23(25,26)17-8-2-1-7-15(17)20-16(12-27)22(28)29(18-9-4-10-19(31)21(18)20)13-5-3-6-14(11-13)30(32)33/h1-3,5-8,11,20H,4,9-10,28H2/t20-/m1/s1. The summed E-state index contributed by atoms with van der Waals surface area (Å²) in [6.07, 6.45) is -3.84. The summed E-state index contributed by atoms with van der Waals surface area (Å²) in [6.45, 7) is 0. The number of benzene rings is 2. The Morgan fingerprint density at radius 1 is 1.15 bits per heavy atom. The third kappa shape index (κ3) is 3.71. The monoisotopic (exact) mass is 454 g/mol. The predicted octanol–water partition coefficient (Wildman–Crippen LogP) is 4.92. The Balaban J connectivity index is 2.01. The van der Waals surface area contributed by atoms with E-state index in [1.54, 1.807) is 0 Å². The molecule has 0 fully saturated rings. The van der Waals surface area contributed by atoms with Crippen molar-refractivity contribution in [2.24, 2.45) is 5.73 Å². The number of Topliss-reactive ketones (excluding diaryl/α,β-unsaturated/α-hetero) is 1. The van der Waals surface area contributed by atoms with Crippen molar-refractivity contribution in [3.05, 3.63) is 92.4 Å². The van der Waals surface area contributed by atoms with E-state index in [0.29, 0.717) is 18.5 Å². The second kappa shape index (κ2) is 8.09. The van der Waals surface area contributed by atoms with Gasteiger partial charge in [0.15, 0.2) is 5.78 Å². The van der Waals surface area contributed by atoms with E-state index in [2.05, 4.69) is 0 Å². The van der Waals surface area contributed by atoms with Crippen LogP contribution in [-0.2, 0) is 11.0 Å². The van der Waals surface area contributed by atoms with Crippen LogP contribution in [0.2, 0.25) is 0 Å². The molecule has 0 saturated carbocycles. The molecule has 4 rings (SSSR count). The van der Waals surface area contributed by atoms with Gasteiger partial charge >= 0.3 is 6.18 Å². The van der Waals surface area contributed by atoms with Crippen molar-refractivity contribution >= 4 is 17.2 Å². The quantitative estimate of drug-likeness (QED) is 0.520. The number of nitro groups is 1. The number of hydrogen-bond acceptors (Lipinski definition) is 6. The van der Waals surface area contributed by atoms with Gasteiger partial charge in [0, 0.05) is 29.8 Å². The molecule has 7 nitrogen and oxygen atoms in total. The first kappa shape index (κ1) is 22.1. The Labute approximate surface area is 186 Å². The minimum atomic E-state index is -4.71. The fourth-order valence-corrected chi connectivity index (χ4v) is 4.44. The lowest BCUT2D eigenvalue weighted by Crippen LogP contribution is -2.39. The number of carbonyl (C=O) groups excluding carboxylic acids is 1. The number of rotatable bonds is 3. The summed E-state index contributed by atoms with van der Waals surface area (Å²) in [6, 6.07) is 12.2. The van der Waals surface area contributed by atoms with Gasteiger partial charge in [-0.25, -0.2) is 0 Å². The first-order valence-corrected chi connectivity index (χ1v) is 10.0. The van der Waals surface area contributed by atoms with Gasteiger partial charge in [-0.1, -0.05) is 24.3 Å². The maximum atomic E-state index is 13.8. The highest BCUT2D eigenvalue weighted by atomic mass is 19.4. The van der Waals surface area contributed by atoms with Crippen molar-refractivity contribution in [1.29, 1.82) is 5.26 Å². The number of anilines is 1. The summed E-state index contributed by atoms with van der Waals surface area (Å²) in [5.41, 5.74) is 5.35. The molecule has 0 aromatic heterocycles. The van der Waals surface area contributed by atoms with E-state index in [1.165, 1.54) is 47.4 Å². The number of carbonyl (C=O) groups is 1. The molecule has 2 aromatic carbocycles. The first-order valence-electron chi connectivity index (χ1n) is 10.0. The molecule has 1 heterocycles. The minimum Gasteiger partial charge on any atom is -0.384 e. The number of alkyl halides is 3. The Bertz CT molecular complexity index is 1270. The van der Waals surface area contributed by atoms with Crippen LogP contribution >= 0.6 is 0 Å². The molecule has 0 saturated heterocycles. The Kier molecular flexibility index (Phi) is 5.41. The third-order valence-electron chi connectivity index (χ3n) is 5.79. The van der Waals surface area contributed by atoms with E-state index >= 15 is 0 Å². The Morgan fingerprint density at radius 2 is 1.88 bits per heavy atom. The molecule has 1 aliphatic carbocycles. The molecule has 2 aromatic rings.